The Balaban J connectivity index is 2.08. The summed E-state index contributed by atoms with van der Waals surface area (Å²) >= 11 is 3.45. The van der Waals surface area contributed by atoms with E-state index in [-0.39, 0.29) is 11.9 Å². The van der Waals surface area contributed by atoms with Crippen molar-refractivity contribution in [2.24, 2.45) is 0 Å². The van der Waals surface area contributed by atoms with Crippen LogP contribution in [0.25, 0.3) is 0 Å². The fraction of sp³-hybridized carbons (Fsp3) is 0.417. The van der Waals surface area contributed by atoms with Crippen molar-refractivity contribution < 1.29 is 4.79 Å². The molecule has 4 heteroatoms. The molecule has 0 bridgehead atoms. The molecule has 86 valence electrons. The van der Waals surface area contributed by atoms with Crippen LogP contribution >= 0.6 is 15.9 Å². The minimum Gasteiger partial charge on any atom is -0.324 e. The summed E-state index contributed by atoms with van der Waals surface area (Å²) in [5.41, 5.74) is 1.95. The Morgan fingerprint density at radius 3 is 3.06 bits per heavy atom. The number of rotatable bonds is 2. The van der Waals surface area contributed by atoms with Gasteiger partial charge in [0.05, 0.1) is 6.04 Å². The van der Waals surface area contributed by atoms with Crippen LogP contribution in [-0.2, 0) is 4.79 Å². The second-order valence-electron chi connectivity index (χ2n) is 4.05. The van der Waals surface area contributed by atoms with Gasteiger partial charge in [-0.3, -0.25) is 4.79 Å². The summed E-state index contributed by atoms with van der Waals surface area (Å²) in [6.45, 7) is 2.93. The van der Waals surface area contributed by atoms with Gasteiger partial charge in [0.25, 0.3) is 0 Å². The van der Waals surface area contributed by atoms with Crippen molar-refractivity contribution in [1.82, 2.24) is 5.32 Å². The van der Waals surface area contributed by atoms with Gasteiger partial charge in [0.2, 0.25) is 5.91 Å². The topological polar surface area (TPSA) is 41.1 Å². The highest BCUT2D eigenvalue weighted by atomic mass is 79.9. The van der Waals surface area contributed by atoms with Crippen LogP contribution in [0.15, 0.2) is 22.7 Å². The molecule has 1 atom stereocenters. The molecule has 0 aliphatic carbocycles. The van der Waals surface area contributed by atoms with Gasteiger partial charge in [0.15, 0.2) is 0 Å². The standard InChI is InChI=1S/C12H15BrN2O/c1-8-9(13)4-2-5-10(8)15-12(16)11-6-3-7-14-11/h2,4-5,11,14H,3,6-7H2,1H3,(H,15,16)/t11-/m1/s1. The summed E-state index contributed by atoms with van der Waals surface area (Å²) in [5.74, 6) is 0.0682. The van der Waals surface area contributed by atoms with Crippen LogP contribution in [-0.4, -0.2) is 18.5 Å². The molecule has 0 radical (unpaired) electrons. The predicted octanol–water partition coefficient (Wildman–Crippen LogP) is 2.45. The van der Waals surface area contributed by atoms with Gasteiger partial charge in [-0.05, 0) is 44.0 Å². The van der Waals surface area contributed by atoms with Gasteiger partial charge in [0, 0.05) is 10.2 Å². The van der Waals surface area contributed by atoms with Gasteiger partial charge < -0.3 is 10.6 Å². The van der Waals surface area contributed by atoms with E-state index >= 15 is 0 Å². The van der Waals surface area contributed by atoms with Gasteiger partial charge in [-0.1, -0.05) is 22.0 Å². The van der Waals surface area contributed by atoms with Crippen LogP contribution in [0, 0.1) is 6.92 Å². The molecule has 1 saturated heterocycles. The van der Waals surface area contributed by atoms with E-state index in [1.807, 2.05) is 25.1 Å². The molecule has 0 spiro atoms. The first-order chi connectivity index (χ1) is 7.68. The Hall–Kier alpha value is -0.870. The highest BCUT2D eigenvalue weighted by molar-refractivity contribution is 9.10. The molecule has 2 rings (SSSR count). The average molecular weight is 283 g/mol. The van der Waals surface area contributed by atoms with Crippen LogP contribution in [0.3, 0.4) is 0 Å². The first-order valence-corrected chi connectivity index (χ1v) is 6.27. The lowest BCUT2D eigenvalue weighted by Crippen LogP contribution is -2.35. The third-order valence-corrected chi connectivity index (χ3v) is 3.76. The molecule has 16 heavy (non-hydrogen) atoms. The Kier molecular flexibility index (Phi) is 3.61. The zero-order valence-electron chi connectivity index (χ0n) is 9.22. The van der Waals surface area contributed by atoms with Crippen LogP contribution in [0.5, 0.6) is 0 Å². The van der Waals surface area contributed by atoms with E-state index in [4.69, 9.17) is 0 Å². The summed E-state index contributed by atoms with van der Waals surface area (Å²) in [6.07, 6.45) is 2.01. The molecule has 2 N–H and O–H groups in total. The number of amides is 1. The van der Waals surface area contributed by atoms with Crippen LogP contribution in [0.2, 0.25) is 0 Å². The molecule has 1 aromatic rings. The molecular weight excluding hydrogens is 268 g/mol. The molecule has 0 aromatic heterocycles. The highest BCUT2D eigenvalue weighted by Crippen LogP contribution is 2.23. The normalized spacial score (nSPS) is 19.8. The molecule has 0 saturated carbocycles. The molecule has 1 heterocycles. The summed E-state index contributed by atoms with van der Waals surface area (Å²) in [5, 5.41) is 6.15. The largest absolute Gasteiger partial charge is 0.324 e. The number of halogens is 1. The van der Waals surface area contributed by atoms with E-state index in [0.29, 0.717) is 0 Å². The van der Waals surface area contributed by atoms with Crippen molar-refractivity contribution in [3.05, 3.63) is 28.2 Å². The van der Waals surface area contributed by atoms with E-state index < -0.39 is 0 Å². The monoisotopic (exact) mass is 282 g/mol. The fourth-order valence-corrected chi connectivity index (χ4v) is 2.24. The van der Waals surface area contributed by atoms with Crippen molar-refractivity contribution in [2.45, 2.75) is 25.8 Å². The number of carbonyl (C=O) groups excluding carboxylic acids is 1. The molecule has 3 nitrogen and oxygen atoms in total. The number of hydrogen-bond acceptors (Lipinski definition) is 2. The molecule has 0 unspecified atom stereocenters. The lowest BCUT2D eigenvalue weighted by atomic mass is 10.1. The zero-order valence-corrected chi connectivity index (χ0v) is 10.8. The van der Waals surface area contributed by atoms with Crippen molar-refractivity contribution in [1.29, 1.82) is 0 Å². The van der Waals surface area contributed by atoms with Gasteiger partial charge in [-0.2, -0.15) is 0 Å². The number of hydrogen-bond donors (Lipinski definition) is 2. The quantitative estimate of drug-likeness (QED) is 0.875. The Morgan fingerprint density at radius 1 is 1.56 bits per heavy atom. The van der Waals surface area contributed by atoms with Crippen LogP contribution < -0.4 is 10.6 Å². The second-order valence-corrected chi connectivity index (χ2v) is 4.90. The molecule has 1 aromatic carbocycles. The predicted molar refractivity (Wildman–Crippen MR) is 68.5 cm³/mol. The number of benzene rings is 1. The molecule has 1 aliphatic heterocycles. The molecular formula is C12H15BrN2O. The minimum atomic E-state index is -0.0293. The van der Waals surface area contributed by atoms with Crippen molar-refractivity contribution >= 4 is 27.5 Å². The maximum atomic E-state index is 11.9. The minimum absolute atomic E-state index is 0.0293. The first kappa shape index (κ1) is 11.6. The Morgan fingerprint density at radius 2 is 2.38 bits per heavy atom. The summed E-state index contributed by atoms with van der Waals surface area (Å²) in [7, 11) is 0. The lowest BCUT2D eigenvalue weighted by molar-refractivity contribution is -0.117. The van der Waals surface area contributed by atoms with Crippen molar-refractivity contribution in [3.8, 4) is 0 Å². The lowest BCUT2D eigenvalue weighted by Gasteiger charge is -2.13. The Bertz CT molecular complexity index is 400. The maximum absolute atomic E-state index is 11.9. The third kappa shape index (κ3) is 2.44. The maximum Gasteiger partial charge on any atom is 0.241 e. The SMILES string of the molecule is Cc1c(Br)cccc1NC(=O)[C@H]1CCCN1. The number of carbonyl (C=O) groups is 1. The highest BCUT2D eigenvalue weighted by Gasteiger charge is 2.22. The fourth-order valence-electron chi connectivity index (χ4n) is 1.87. The van der Waals surface area contributed by atoms with Crippen molar-refractivity contribution in [2.75, 3.05) is 11.9 Å². The van der Waals surface area contributed by atoms with Crippen LogP contribution in [0.4, 0.5) is 5.69 Å². The van der Waals surface area contributed by atoms with Crippen molar-refractivity contribution in [3.63, 3.8) is 0 Å². The average Bonchev–Trinajstić information content (AvgIpc) is 2.78. The van der Waals surface area contributed by atoms with Crippen LogP contribution in [0.1, 0.15) is 18.4 Å². The molecule has 1 aliphatic rings. The van der Waals surface area contributed by atoms with Gasteiger partial charge in [0.1, 0.15) is 0 Å². The van der Waals surface area contributed by atoms with E-state index in [2.05, 4.69) is 26.6 Å². The Labute approximate surface area is 104 Å². The van der Waals surface area contributed by atoms with E-state index in [1.54, 1.807) is 0 Å². The zero-order chi connectivity index (χ0) is 11.5. The number of anilines is 1. The van der Waals surface area contributed by atoms with E-state index in [1.165, 1.54) is 0 Å². The summed E-state index contributed by atoms with van der Waals surface area (Å²) < 4.78 is 1.02. The summed E-state index contributed by atoms with van der Waals surface area (Å²) in [4.78, 5) is 11.9. The third-order valence-electron chi connectivity index (χ3n) is 2.90. The smallest absolute Gasteiger partial charge is 0.241 e. The van der Waals surface area contributed by atoms with Gasteiger partial charge in [-0.25, -0.2) is 0 Å². The van der Waals surface area contributed by atoms with E-state index in [0.717, 1.165) is 35.1 Å². The summed E-state index contributed by atoms with van der Waals surface area (Å²) in [6, 6.07) is 5.79. The van der Waals surface area contributed by atoms with Gasteiger partial charge >= 0.3 is 0 Å². The first-order valence-electron chi connectivity index (χ1n) is 5.48. The number of nitrogens with one attached hydrogen (secondary N) is 2. The van der Waals surface area contributed by atoms with E-state index in [9.17, 15) is 4.79 Å². The second kappa shape index (κ2) is 4.97. The van der Waals surface area contributed by atoms with Gasteiger partial charge in [-0.15, -0.1) is 0 Å². The molecule has 1 fully saturated rings. The molecule has 1 amide bonds.